The molecule has 0 atom stereocenters. The normalized spacial score (nSPS) is 14.0. The van der Waals surface area contributed by atoms with Crippen molar-refractivity contribution in [3.05, 3.63) is 64.2 Å². The lowest BCUT2D eigenvalue weighted by Gasteiger charge is -2.35. The van der Waals surface area contributed by atoms with Gasteiger partial charge in [0, 0.05) is 50.1 Å². The van der Waals surface area contributed by atoms with Crippen molar-refractivity contribution in [1.29, 1.82) is 0 Å². The topological polar surface area (TPSA) is 85.2 Å². The Labute approximate surface area is 181 Å². The van der Waals surface area contributed by atoms with Crippen LogP contribution in [0, 0.1) is 10.1 Å². The number of ether oxygens (including phenoxy) is 2. The van der Waals surface area contributed by atoms with Crippen molar-refractivity contribution in [3.8, 4) is 11.5 Å². The molecule has 0 bridgehead atoms. The molecule has 1 fully saturated rings. The highest BCUT2D eigenvalue weighted by Gasteiger charge is 2.21. The lowest BCUT2D eigenvalue weighted by molar-refractivity contribution is -0.384. The van der Waals surface area contributed by atoms with E-state index in [-0.39, 0.29) is 11.6 Å². The van der Waals surface area contributed by atoms with Crippen LogP contribution in [0.15, 0.2) is 48.5 Å². The minimum atomic E-state index is -0.397. The van der Waals surface area contributed by atoms with Gasteiger partial charge in [-0.15, -0.1) is 0 Å². The van der Waals surface area contributed by atoms with Crippen LogP contribution in [-0.2, 0) is 4.79 Å². The van der Waals surface area contributed by atoms with Crippen LogP contribution in [0.25, 0.3) is 6.08 Å². The molecule has 0 spiro atoms. The number of piperazine rings is 1. The van der Waals surface area contributed by atoms with Crippen LogP contribution >= 0.6 is 0 Å². The summed E-state index contributed by atoms with van der Waals surface area (Å²) in [4.78, 5) is 27.0. The van der Waals surface area contributed by atoms with Gasteiger partial charge in [0.15, 0.2) is 11.5 Å². The summed E-state index contributed by atoms with van der Waals surface area (Å²) in [5.74, 6) is 1.25. The predicted octanol–water partition coefficient (Wildman–Crippen LogP) is 3.75. The van der Waals surface area contributed by atoms with Crippen LogP contribution < -0.4 is 14.4 Å². The number of nitro groups is 1. The fourth-order valence-corrected chi connectivity index (χ4v) is 3.38. The Hall–Kier alpha value is -3.55. The zero-order chi connectivity index (χ0) is 22.2. The number of methoxy groups -OCH3 is 1. The van der Waals surface area contributed by atoms with E-state index in [1.165, 1.54) is 6.07 Å². The summed E-state index contributed by atoms with van der Waals surface area (Å²) < 4.78 is 11.0. The second kappa shape index (κ2) is 10.5. The van der Waals surface area contributed by atoms with E-state index in [0.29, 0.717) is 44.3 Å². The number of amides is 1. The van der Waals surface area contributed by atoms with Gasteiger partial charge in [-0.2, -0.15) is 0 Å². The van der Waals surface area contributed by atoms with E-state index in [1.54, 1.807) is 36.3 Å². The highest BCUT2D eigenvalue weighted by atomic mass is 16.6. The zero-order valence-electron chi connectivity index (χ0n) is 17.8. The maximum absolute atomic E-state index is 12.6. The van der Waals surface area contributed by atoms with Crippen LogP contribution in [0.5, 0.6) is 11.5 Å². The number of anilines is 1. The van der Waals surface area contributed by atoms with Crippen molar-refractivity contribution < 1.29 is 19.2 Å². The summed E-state index contributed by atoms with van der Waals surface area (Å²) in [5.41, 5.74) is 1.72. The van der Waals surface area contributed by atoms with Crippen LogP contribution in [0.2, 0.25) is 0 Å². The van der Waals surface area contributed by atoms with Gasteiger partial charge in [0.1, 0.15) is 0 Å². The van der Waals surface area contributed by atoms with Gasteiger partial charge < -0.3 is 19.3 Å². The average Bonchev–Trinajstić information content (AvgIpc) is 2.81. The van der Waals surface area contributed by atoms with Crippen LogP contribution in [0.3, 0.4) is 0 Å². The minimum Gasteiger partial charge on any atom is -0.493 e. The first-order valence-corrected chi connectivity index (χ1v) is 10.3. The van der Waals surface area contributed by atoms with Gasteiger partial charge in [-0.1, -0.05) is 19.1 Å². The monoisotopic (exact) mass is 425 g/mol. The third-order valence-corrected chi connectivity index (χ3v) is 5.06. The standard InChI is InChI=1S/C23H27N3O5/c1-3-15-31-21-9-7-18(16-22(21)30-2)8-10-23(27)25-13-11-24(12-14-25)19-5-4-6-20(17-19)26(28)29/h4-10,16-17H,3,11-15H2,1-2H3/b10-8+. The van der Waals surface area contributed by atoms with Crippen LogP contribution in [-0.4, -0.2) is 55.6 Å². The SMILES string of the molecule is CCCOc1ccc(/C=C/C(=O)N2CCN(c3cccc([N+](=O)[O-])c3)CC2)cc1OC. The first-order valence-electron chi connectivity index (χ1n) is 10.3. The molecule has 2 aromatic rings. The number of carbonyl (C=O) groups excluding carboxylic acids is 1. The number of non-ortho nitro benzene ring substituents is 1. The summed E-state index contributed by atoms with van der Waals surface area (Å²) in [7, 11) is 1.59. The molecule has 3 rings (SSSR count). The second-order valence-corrected chi connectivity index (χ2v) is 7.18. The Balaban J connectivity index is 1.58. The molecule has 0 saturated carbocycles. The number of carbonyl (C=O) groups is 1. The van der Waals surface area contributed by atoms with E-state index >= 15 is 0 Å². The molecule has 2 aromatic carbocycles. The van der Waals surface area contributed by atoms with E-state index in [0.717, 1.165) is 17.7 Å². The van der Waals surface area contributed by atoms with E-state index in [1.807, 2.05) is 31.2 Å². The molecule has 8 nitrogen and oxygen atoms in total. The minimum absolute atomic E-state index is 0.0658. The van der Waals surface area contributed by atoms with Crippen molar-refractivity contribution in [2.75, 3.05) is 44.8 Å². The lowest BCUT2D eigenvalue weighted by atomic mass is 10.1. The number of hydrogen-bond acceptors (Lipinski definition) is 6. The summed E-state index contributed by atoms with van der Waals surface area (Å²) in [6.45, 7) is 5.01. The van der Waals surface area contributed by atoms with Gasteiger partial charge in [0.25, 0.3) is 5.69 Å². The smallest absolute Gasteiger partial charge is 0.271 e. The van der Waals surface area contributed by atoms with E-state index in [4.69, 9.17) is 9.47 Å². The average molecular weight is 425 g/mol. The van der Waals surface area contributed by atoms with Crippen LogP contribution in [0.4, 0.5) is 11.4 Å². The Bertz CT molecular complexity index is 952. The molecule has 0 unspecified atom stereocenters. The molecule has 0 N–H and O–H groups in total. The maximum Gasteiger partial charge on any atom is 0.271 e. The maximum atomic E-state index is 12.6. The van der Waals surface area contributed by atoms with Gasteiger partial charge in [-0.3, -0.25) is 14.9 Å². The lowest BCUT2D eigenvalue weighted by Crippen LogP contribution is -2.48. The fraction of sp³-hybridized carbons (Fsp3) is 0.348. The number of nitro benzene ring substituents is 1. The van der Waals surface area contributed by atoms with Gasteiger partial charge in [-0.25, -0.2) is 0 Å². The van der Waals surface area contributed by atoms with Gasteiger partial charge in [0.05, 0.1) is 18.6 Å². The Morgan fingerprint density at radius 1 is 1.13 bits per heavy atom. The number of hydrogen-bond donors (Lipinski definition) is 0. The van der Waals surface area contributed by atoms with Crippen LogP contribution in [0.1, 0.15) is 18.9 Å². The molecule has 0 aromatic heterocycles. The fourth-order valence-electron chi connectivity index (χ4n) is 3.38. The summed E-state index contributed by atoms with van der Waals surface area (Å²) in [6.07, 6.45) is 4.24. The molecular weight excluding hydrogens is 398 g/mol. The third-order valence-electron chi connectivity index (χ3n) is 5.06. The first kappa shape index (κ1) is 22.1. The Morgan fingerprint density at radius 3 is 2.58 bits per heavy atom. The van der Waals surface area contributed by atoms with E-state index in [9.17, 15) is 14.9 Å². The van der Waals surface area contributed by atoms with Gasteiger partial charge in [0.2, 0.25) is 5.91 Å². The molecule has 1 amide bonds. The highest BCUT2D eigenvalue weighted by Crippen LogP contribution is 2.29. The second-order valence-electron chi connectivity index (χ2n) is 7.18. The number of nitrogens with zero attached hydrogens (tertiary/aromatic N) is 3. The quantitative estimate of drug-likeness (QED) is 0.364. The van der Waals surface area contributed by atoms with Gasteiger partial charge in [-0.05, 0) is 36.3 Å². The van der Waals surface area contributed by atoms with E-state index < -0.39 is 4.92 Å². The molecule has 0 radical (unpaired) electrons. The predicted molar refractivity (Wildman–Crippen MR) is 120 cm³/mol. The first-order chi connectivity index (χ1) is 15.0. The van der Waals surface area contributed by atoms with Crippen molar-refractivity contribution in [2.45, 2.75) is 13.3 Å². The van der Waals surface area contributed by atoms with E-state index in [2.05, 4.69) is 4.90 Å². The molecule has 1 saturated heterocycles. The van der Waals surface area contributed by atoms with Crippen molar-refractivity contribution >= 4 is 23.4 Å². The van der Waals surface area contributed by atoms with Crippen molar-refractivity contribution in [3.63, 3.8) is 0 Å². The third kappa shape index (κ3) is 5.75. The molecule has 164 valence electrons. The van der Waals surface area contributed by atoms with Crippen molar-refractivity contribution in [2.24, 2.45) is 0 Å². The Kier molecular flexibility index (Phi) is 7.48. The molecular formula is C23H27N3O5. The summed E-state index contributed by atoms with van der Waals surface area (Å²) in [5, 5.41) is 11.0. The highest BCUT2D eigenvalue weighted by molar-refractivity contribution is 5.92. The summed E-state index contributed by atoms with van der Waals surface area (Å²) >= 11 is 0. The zero-order valence-corrected chi connectivity index (χ0v) is 17.8. The summed E-state index contributed by atoms with van der Waals surface area (Å²) in [6, 6.07) is 12.2. The van der Waals surface area contributed by atoms with Gasteiger partial charge >= 0.3 is 0 Å². The molecule has 1 aliphatic rings. The Morgan fingerprint density at radius 2 is 1.90 bits per heavy atom. The molecule has 31 heavy (non-hydrogen) atoms. The molecule has 1 heterocycles. The molecule has 0 aliphatic carbocycles. The molecule has 8 heteroatoms. The largest absolute Gasteiger partial charge is 0.493 e. The molecule has 1 aliphatic heterocycles. The number of benzene rings is 2. The number of rotatable bonds is 8. The van der Waals surface area contributed by atoms with Crippen molar-refractivity contribution in [1.82, 2.24) is 4.90 Å².